The molecule has 1 aromatic heterocycles. The van der Waals surface area contributed by atoms with E-state index in [1.807, 2.05) is 0 Å². The van der Waals surface area contributed by atoms with Crippen molar-refractivity contribution in [3.63, 3.8) is 0 Å². The number of Topliss-reactive ketones (excluding diaryl/α,β-unsaturated/α-hetero) is 1. The van der Waals surface area contributed by atoms with Gasteiger partial charge in [0.25, 0.3) is 0 Å². The Labute approximate surface area is 167 Å². The van der Waals surface area contributed by atoms with Gasteiger partial charge in [-0.15, -0.1) is 0 Å². The molecule has 0 spiro atoms. The predicted octanol–water partition coefficient (Wildman–Crippen LogP) is -0.0201. The van der Waals surface area contributed by atoms with Crippen LogP contribution in [-0.4, -0.2) is 53.2 Å². The zero-order valence-corrected chi connectivity index (χ0v) is 15.5. The van der Waals surface area contributed by atoms with Gasteiger partial charge in [-0.25, -0.2) is 4.79 Å². The molecule has 1 aromatic carbocycles. The number of hydrazone groups is 1. The van der Waals surface area contributed by atoms with Gasteiger partial charge in [0.05, 0.1) is 13.1 Å². The zero-order chi connectivity index (χ0) is 21.1. The number of aromatic nitrogens is 1. The molecule has 0 saturated carbocycles. The molecule has 0 radical (unpaired) electrons. The predicted molar refractivity (Wildman–Crippen MR) is 107 cm³/mol. The molecule has 0 fully saturated rings. The maximum absolute atomic E-state index is 12.2. The number of carboxylic acid groups (broad SMARTS) is 1. The van der Waals surface area contributed by atoms with E-state index in [-0.39, 0.29) is 25.3 Å². The van der Waals surface area contributed by atoms with Crippen molar-refractivity contribution in [3.05, 3.63) is 59.9 Å². The summed E-state index contributed by atoms with van der Waals surface area (Å²) in [5, 5.41) is 20.6. The van der Waals surface area contributed by atoms with Gasteiger partial charge in [-0.1, -0.05) is 18.2 Å². The number of hydrogen-bond acceptors (Lipinski definition) is 7. The second-order valence-electron chi connectivity index (χ2n) is 6.05. The standard InChI is InChI=1S/C19H22N6O4/c20-24-12-23-15-5-1-4-14(8-15)17(26)10-22-11-18(27)25-16(19(28)29)7-13-3-2-6-21-9-13/h1-6,8-9,12,16,22H,7,10-11,20H2,(H,23,24)(H,25,27)(H,28,29). The zero-order valence-electron chi connectivity index (χ0n) is 15.5. The molecule has 0 aliphatic carbocycles. The average Bonchev–Trinajstić information content (AvgIpc) is 2.72. The molecule has 10 heteroatoms. The van der Waals surface area contributed by atoms with Crippen LogP contribution in [0.5, 0.6) is 0 Å². The number of benzene rings is 1. The minimum absolute atomic E-state index is 0.0812. The van der Waals surface area contributed by atoms with Crippen molar-refractivity contribution in [3.8, 4) is 0 Å². The molecule has 152 valence electrons. The SMILES string of the molecule is NN=CNc1cccc(C(=O)CNCC(=O)NC(Cc2cccnc2)C(=O)O)c1. The molecular formula is C19H22N6O4. The lowest BCUT2D eigenvalue weighted by Crippen LogP contribution is -2.46. The van der Waals surface area contributed by atoms with E-state index < -0.39 is 17.9 Å². The smallest absolute Gasteiger partial charge is 0.326 e. The fourth-order valence-electron chi connectivity index (χ4n) is 2.49. The van der Waals surface area contributed by atoms with Crippen molar-refractivity contribution >= 4 is 29.7 Å². The van der Waals surface area contributed by atoms with E-state index in [0.717, 1.165) is 0 Å². The molecule has 1 atom stereocenters. The van der Waals surface area contributed by atoms with Gasteiger partial charge in [0.15, 0.2) is 5.78 Å². The van der Waals surface area contributed by atoms with Gasteiger partial charge in [0.2, 0.25) is 5.91 Å². The van der Waals surface area contributed by atoms with Crippen LogP contribution in [0.15, 0.2) is 53.9 Å². The van der Waals surface area contributed by atoms with Crippen molar-refractivity contribution < 1.29 is 19.5 Å². The van der Waals surface area contributed by atoms with Crippen LogP contribution >= 0.6 is 0 Å². The first-order chi connectivity index (χ1) is 14.0. The minimum Gasteiger partial charge on any atom is -0.480 e. The summed E-state index contributed by atoms with van der Waals surface area (Å²) < 4.78 is 0. The van der Waals surface area contributed by atoms with Gasteiger partial charge >= 0.3 is 5.97 Å². The fourth-order valence-corrected chi connectivity index (χ4v) is 2.49. The molecule has 1 amide bonds. The van der Waals surface area contributed by atoms with Crippen LogP contribution in [0.1, 0.15) is 15.9 Å². The highest BCUT2D eigenvalue weighted by molar-refractivity contribution is 5.99. The first-order valence-corrected chi connectivity index (χ1v) is 8.73. The largest absolute Gasteiger partial charge is 0.480 e. The van der Waals surface area contributed by atoms with E-state index in [2.05, 4.69) is 26.0 Å². The number of amides is 1. The first kappa shape index (κ1) is 21.5. The number of carbonyl (C=O) groups is 3. The third-order valence-electron chi connectivity index (χ3n) is 3.86. The Bertz CT molecular complexity index is 872. The number of pyridine rings is 1. The summed E-state index contributed by atoms with van der Waals surface area (Å²) in [5.74, 6) is 3.12. The molecule has 29 heavy (non-hydrogen) atoms. The van der Waals surface area contributed by atoms with Gasteiger partial charge in [-0.05, 0) is 23.8 Å². The van der Waals surface area contributed by atoms with Crippen molar-refractivity contribution in [1.29, 1.82) is 0 Å². The van der Waals surface area contributed by atoms with E-state index in [9.17, 15) is 19.5 Å². The quantitative estimate of drug-likeness (QED) is 0.116. The van der Waals surface area contributed by atoms with Gasteiger partial charge in [-0.2, -0.15) is 5.10 Å². The number of nitrogens with two attached hydrogens (primary N) is 1. The summed E-state index contributed by atoms with van der Waals surface area (Å²) in [7, 11) is 0. The molecule has 2 aromatic rings. The number of nitrogens with zero attached hydrogens (tertiary/aromatic N) is 2. The Morgan fingerprint density at radius 2 is 2.03 bits per heavy atom. The summed E-state index contributed by atoms with van der Waals surface area (Å²) in [5.41, 5.74) is 1.77. The number of carboxylic acids is 1. The normalized spacial score (nSPS) is 11.7. The summed E-state index contributed by atoms with van der Waals surface area (Å²) in [6, 6.07) is 9.04. The van der Waals surface area contributed by atoms with Crippen LogP contribution in [0.2, 0.25) is 0 Å². The lowest BCUT2D eigenvalue weighted by atomic mass is 10.1. The molecule has 0 aliphatic heterocycles. The highest BCUT2D eigenvalue weighted by Crippen LogP contribution is 2.10. The number of aliphatic carboxylic acids is 1. The minimum atomic E-state index is -1.15. The second-order valence-corrected chi connectivity index (χ2v) is 6.05. The monoisotopic (exact) mass is 398 g/mol. The fraction of sp³-hybridized carbons (Fsp3) is 0.211. The molecule has 1 heterocycles. The summed E-state index contributed by atoms with van der Waals surface area (Å²) in [4.78, 5) is 39.6. The van der Waals surface area contributed by atoms with Crippen LogP contribution in [0.4, 0.5) is 5.69 Å². The Balaban J connectivity index is 1.82. The van der Waals surface area contributed by atoms with Crippen molar-refractivity contribution in [1.82, 2.24) is 15.6 Å². The lowest BCUT2D eigenvalue weighted by molar-refractivity contribution is -0.141. The third-order valence-corrected chi connectivity index (χ3v) is 3.86. The van der Waals surface area contributed by atoms with Crippen LogP contribution < -0.4 is 21.8 Å². The van der Waals surface area contributed by atoms with Crippen LogP contribution in [0.25, 0.3) is 0 Å². The molecule has 1 unspecified atom stereocenters. The number of carbonyl (C=O) groups excluding carboxylic acids is 2. The molecule has 10 nitrogen and oxygen atoms in total. The van der Waals surface area contributed by atoms with E-state index in [1.165, 1.54) is 6.34 Å². The van der Waals surface area contributed by atoms with E-state index in [4.69, 9.17) is 5.84 Å². The summed E-state index contributed by atoms with van der Waals surface area (Å²) >= 11 is 0. The number of ketones is 1. The average molecular weight is 398 g/mol. The second kappa shape index (κ2) is 11.1. The Kier molecular flexibility index (Phi) is 8.27. The highest BCUT2D eigenvalue weighted by Gasteiger charge is 2.20. The van der Waals surface area contributed by atoms with Crippen molar-refractivity contribution in [2.75, 3.05) is 18.4 Å². The van der Waals surface area contributed by atoms with Crippen LogP contribution in [0.3, 0.4) is 0 Å². The number of hydrogen-bond donors (Lipinski definition) is 5. The molecule has 0 saturated heterocycles. The van der Waals surface area contributed by atoms with Crippen molar-refractivity contribution in [2.45, 2.75) is 12.5 Å². The van der Waals surface area contributed by atoms with Gasteiger partial charge in [0.1, 0.15) is 12.4 Å². The van der Waals surface area contributed by atoms with Gasteiger partial charge < -0.3 is 26.9 Å². The first-order valence-electron chi connectivity index (χ1n) is 8.73. The Morgan fingerprint density at radius 3 is 2.72 bits per heavy atom. The van der Waals surface area contributed by atoms with Crippen LogP contribution in [-0.2, 0) is 16.0 Å². The van der Waals surface area contributed by atoms with E-state index >= 15 is 0 Å². The van der Waals surface area contributed by atoms with Gasteiger partial charge in [0, 0.05) is 30.1 Å². The van der Waals surface area contributed by atoms with Gasteiger partial charge in [-0.3, -0.25) is 14.6 Å². The van der Waals surface area contributed by atoms with Crippen molar-refractivity contribution in [2.24, 2.45) is 10.9 Å². The maximum Gasteiger partial charge on any atom is 0.326 e. The molecule has 6 N–H and O–H groups in total. The number of anilines is 1. The molecule has 2 rings (SSSR count). The lowest BCUT2D eigenvalue weighted by Gasteiger charge is -2.14. The Hall–Kier alpha value is -3.79. The summed E-state index contributed by atoms with van der Waals surface area (Å²) in [6.45, 7) is -0.275. The maximum atomic E-state index is 12.2. The van der Waals surface area contributed by atoms with Crippen LogP contribution in [0, 0.1) is 0 Å². The molecular weight excluding hydrogens is 376 g/mol. The van der Waals surface area contributed by atoms with E-state index in [1.54, 1.807) is 48.8 Å². The molecule has 0 bridgehead atoms. The summed E-state index contributed by atoms with van der Waals surface area (Å²) in [6.07, 6.45) is 4.52. The Morgan fingerprint density at radius 1 is 1.21 bits per heavy atom. The highest BCUT2D eigenvalue weighted by atomic mass is 16.4. The number of nitrogens with one attached hydrogen (secondary N) is 3. The number of rotatable bonds is 11. The molecule has 0 aliphatic rings. The van der Waals surface area contributed by atoms with E-state index in [0.29, 0.717) is 16.8 Å². The topological polar surface area (TPSA) is 159 Å². The third kappa shape index (κ3) is 7.39.